The van der Waals surface area contributed by atoms with Crippen molar-refractivity contribution in [3.05, 3.63) is 24.3 Å². The first-order valence-electron chi connectivity index (χ1n) is 4.06. The van der Waals surface area contributed by atoms with Crippen molar-refractivity contribution in [2.75, 3.05) is 0 Å². The molecular formula is C7H5F4NO4S2. The molecule has 0 amide bonds. The van der Waals surface area contributed by atoms with Gasteiger partial charge in [-0.05, 0) is 23.1 Å². The largest absolute Gasteiger partial charge is 0.501 e. The first-order valence-corrected chi connectivity index (χ1v) is 7.03. The quantitative estimate of drug-likeness (QED) is 0.671. The van der Waals surface area contributed by atoms with Crippen LogP contribution in [0.3, 0.4) is 0 Å². The van der Waals surface area contributed by atoms with Crippen LogP contribution >= 0.6 is 0 Å². The van der Waals surface area contributed by atoms with E-state index in [-0.39, 0.29) is 6.07 Å². The fourth-order valence-electron chi connectivity index (χ4n) is 0.987. The van der Waals surface area contributed by atoms with Crippen LogP contribution in [0.15, 0.2) is 34.1 Å². The monoisotopic (exact) mass is 307 g/mol. The number of hydrogen-bond acceptors (Lipinski definition) is 4. The number of sulfone groups is 1. The minimum Gasteiger partial charge on any atom is -0.214 e. The zero-order valence-electron chi connectivity index (χ0n) is 8.27. The van der Waals surface area contributed by atoms with Gasteiger partial charge in [0.2, 0.25) is 0 Å². The summed E-state index contributed by atoms with van der Waals surface area (Å²) in [5.41, 5.74) is -5.57. The normalized spacial score (nSPS) is 13.6. The van der Waals surface area contributed by atoms with Crippen LogP contribution in [0.4, 0.5) is 17.7 Å². The average Bonchev–Trinajstić information content (AvgIpc) is 2.27. The topological polar surface area (TPSA) is 80.3 Å². The van der Waals surface area contributed by atoms with Crippen molar-refractivity contribution in [1.82, 2.24) is 4.94 Å². The number of benzene rings is 1. The van der Waals surface area contributed by atoms with Crippen molar-refractivity contribution in [2.45, 2.75) is 15.3 Å². The van der Waals surface area contributed by atoms with Crippen LogP contribution in [0, 0.1) is 0 Å². The molecule has 0 fully saturated rings. The molecular weight excluding hydrogens is 302 g/mol. The Bertz CT molecular complexity index is 650. The molecule has 0 aliphatic carbocycles. The number of nitrogens with one attached hydrogen (secondary N) is 1. The number of halogens is 4. The SMILES string of the molecule is O=S(=O)(NF)c1cccc(S(=O)(=O)C(F)(F)F)c1. The van der Waals surface area contributed by atoms with Crippen molar-refractivity contribution in [2.24, 2.45) is 0 Å². The molecule has 0 aliphatic rings. The molecule has 0 heterocycles. The minimum absolute atomic E-state index is 0.213. The van der Waals surface area contributed by atoms with E-state index in [2.05, 4.69) is 0 Å². The Morgan fingerprint density at radius 3 is 1.94 bits per heavy atom. The Hall–Kier alpha value is -1.20. The second-order valence-corrected chi connectivity index (χ2v) is 6.58. The van der Waals surface area contributed by atoms with Gasteiger partial charge in [0.1, 0.15) is 0 Å². The number of alkyl halides is 3. The lowest BCUT2D eigenvalue weighted by atomic mass is 10.4. The summed E-state index contributed by atoms with van der Waals surface area (Å²) in [5, 5.41) is 0. The Morgan fingerprint density at radius 2 is 1.50 bits per heavy atom. The maximum atomic E-state index is 12.2. The van der Waals surface area contributed by atoms with Crippen LogP contribution in [-0.2, 0) is 19.9 Å². The minimum atomic E-state index is -5.68. The molecule has 1 aromatic carbocycles. The van der Waals surface area contributed by atoms with Gasteiger partial charge in [0.05, 0.1) is 9.79 Å². The third-order valence-electron chi connectivity index (χ3n) is 1.83. The van der Waals surface area contributed by atoms with Gasteiger partial charge < -0.3 is 0 Å². The summed E-state index contributed by atoms with van der Waals surface area (Å²) in [5.74, 6) is 0. The van der Waals surface area contributed by atoms with E-state index in [4.69, 9.17) is 0 Å². The van der Waals surface area contributed by atoms with Crippen LogP contribution in [0.25, 0.3) is 0 Å². The predicted molar refractivity (Wildman–Crippen MR) is 51.1 cm³/mol. The molecule has 0 unspecified atom stereocenters. The molecule has 1 rings (SSSR count). The molecule has 0 bridgehead atoms. The van der Waals surface area contributed by atoms with Gasteiger partial charge in [-0.2, -0.15) is 13.2 Å². The van der Waals surface area contributed by atoms with E-state index in [1.165, 1.54) is 0 Å². The highest BCUT2D eigenvalue weighted by atomic mass is 32.2. The fourth-order valence-corrected chi connectivity index (χ4v) is 2.50. The number of sulfonamides is 1. The zero-order valence-corrected chi connectivity index (χ0v) is 9.90. The second kappa shape index (κ2) is 4.48. The molecule has 0 aliphatic heterocycles. The molecule has 11 heteroatoms. The van der Waals surface area contributed by atoms with Crippen LogP contribution in [0.5, 0.6) is 0 Å². The molecule has 1 aromatic rings. The van der Waals surface area contributed by atoms with Gasteiger partial charge in [0.25, 0.3) is 19.9 Å². The van der Waals surface area contributed by atoms with Crippen LogP contribution < -0.4 is 4.94 Å². The molecule has 5 nitrogen and oxygen atoms in total. The van der Waals surface area contributed by atoms with Gasteiger partial charge in [-0.25, -0.2) is 16.8 Å². The molecule has 0 atom stereocenters. The predicted octanol–water partition coefficient (Wildman–Crippen LogP) is 1.14. The van der Waals surface area contributed by atoms with Crippen LogP contribution in [-0.4, -0.2) is 22.3 Å². The van der Waals surface area contributed by atoms with Gasteiger partial charge in [-0.1, -0.05) is 6.07 Å². The van der Waals surface area contributed by atoms with E-state index in [1.807, 2.05) is 0 Å². The van der Waals surface area contributed by atoms with E-state index < -0.39 is 35.2 Å². The molecule has 0 saturated heterocycles. The summed E-state index contributed by atoms with van der Waals surface area (Å²) < 4.78 is 92.4. The lowest BCUT2D eigenvalue weighted by Crippen LogP contribution is -2.24. The molecule has 0 aromatic heterocycles. The van der Waals surface area contributed by atoms with E-state index in [0.717, 1.165) is 12.1 Å². The highest BCUT2D eigenvalue weighted by Crippen LogP contribution is 2.31. The Kier molecular flexibility index (Phi) is 3.70. The third-order valence-corrected chi connectivity index (χ3v) is 4.39. The van der Waals surface area contributed by atoms with E-state index in [1.54, 1.807) is 0 Å². The number of hydrogen-bond donors (Lipinski definition) is 1. The molecule has 1 N–H and O–H groups in total. The molecule has 0 saturated carbocycles. The first-order chi connectivity index (χ1) is 8.02. The fraction of sp³-hybridized carbons (Fsp3) is 0.143. The summed E-state index contributed by atoms with van der Waals surface area (Å²) in [4.78, 5) is -1.85. The van der Waals surface area contributed by atoms with Gasteiger partial charge in [-0.15, -0.1) is 4.48 Å². The summed E-state index contributed by atoms with van der Waals surface area (Å²) in [6, 6.07) is 2.27. The smallest absolute Gasteiger partial charge is 0.214 e. The van der Waals surface area contributed by atoms with E-state index in [0.29, 0.717) is 11.0 Å². The lowest BCUT2D eigenvalue weighted by molar-refractivity contribution is -0.0436. The van der Waals surface area contributed by atoms with Gasteiger partial charge >= 0.3 is 5.51 Å². The van der Waals surface area contributed by atoms with Crippen LogP contribution in [0.1, 0.15) is 0 Å². The van der Waals surface area contributed by atoms with E-state index >= 15 is 0 Å². The number of rotatable bonds is 3. The second-order valence-electron chi connectivity index (χ2n) is 3.00. The lowest BCUT2D eigenvalue weighted by Gasteiger charge is -2.08. The van der Waals surface area contributed by atoms with Gasteiger partial charge in [0, 0.05) is 0 Å². The van der Waals surface area contributed by atoms with Gasteiger partial charge in [0.15, 0.2) is 0 Å². The highest BCUT2D eigenvalue weighted by Gasteiger charge is 2.47. The van der Waals surface area contributed by atoms with Crippen molar-refractivity contribution in [1.29, 1.82) is 0 Å². The molecule has 0 radical (unpaired) electrons. The van der Waals surface area contributed by atoms with Crippen molar-refractivity contribution in [3.63, 3.8) is 0 Å². The maximum Gasteiger partial charge on any atom is 0.501 e. The summed E-state index contributed by atoms with van der Waals surface area (Å²) in [7, 11) is -10.4. The molecule has 102 valence electrons. The Morgan fingerprint density at radius 1 is 1.00 bits per heavy atom. The summed E-state index contributed by atoms with van der Waals surface area (Å²) >= 11 is 0. The third kappa shape index (κ3) is 2.62. The highest BCUT2D eigenvalue weighted by molar-refractivity contribution is 7.92. The molecule has 18 heavy (non-hydrogen) atoms. The Balaban J connectivity index is 3.45. The van der Waals surface area contributed by atoms with E-state index in [9.17, 15) is 34.5 Å². The van der Waals surface area contributed by atoms with Crippen molar-refractivity contribution in [3.8, 4) is 0 Å². The summed E-state index contributed by atoms with van der Waals surface area (Å²) in [6.07, 6.45) is 0. The van der Waals surface area contributed by atoms with Crippen molar-refractivity contribution < 1.29 is 34.5 Å². The average molecular weight is 307 g/mol. The van der Waals surface area contributed by atoms with Crippen LogP contribution in [0.2, 0.25) is 0 Å². The zero-order chi connectivity index (χ0) is 14.2. The maximum absolute atomic E-state index is 12.2. The standard InChI is InChI=1S/C7H5F4NO4S2/c8-7(9,10)17(13,14)5-2-1-3-6(4-5)18(15,16)12-11/h1-4,12H. The van der Waals surface area contributed by atoms with Gasteiger partial charge in [-0.3, -0.25) is 0 Å². The summed E-state index contributed by atoms with van der Waals surface area (Å²) in [6.45, 7) is 0. The first kappa shape index (κ1) is 14.9. The van der Waals surface area contributed by atoms with Crippen molar-refractivity contribution >= 4 is 19.9 Å². The molecule has 0 spiro atoms. The Labute approximate surface area is 99.3 Å².